The summed E-state index contributed by atoms with van der Waals surface area (Å²) in [6, 6.07) is 0. The standard InChI is InChI=1S/C11H14ClNO4/c1-3-17-10(15)9-6-8(12)4-5-11(9,16)13-7(2)14/h4-6,9,16H,3H2,1-2H3,(H,13,14). The molecule has 0 saturated carbocycles. The van der Waals surface area contributed by atoms with Crippen molar-refractivity contribution in [1.29, 1.82) is 0 Å². The second kappa shape index (κ2) is 5.33. The van der Waals surface area contributed by atoms with Gasteiger partial charge in [-0.15, -0.1) is 0 Å². The summed E-state index contributed by atoms with van der Waals surface area (Å²) in [7, 11) is 0. The lowest BCUT2D eigenvalue weighted by atomic mass is 9.91. The van der Waals surface area contributed by atoms with Crippen molar-refractivity contribution in [2.75, 3.05) is 6.61 Å². The number of hydrogen-bond acceptors (Lipinski definition) is 4. The van der Waals surface area contributed by atoms with Gasteiger partial charge in [0.1, 0.15) is 5.92 Å². The SMILES string of the molecule is CCOC(=O)C1C=C(Cl)C=CC1(O)NC(C)=O. The van der Waals surface area contributed by atoms with Crippen LogP contribution in [0.1, 0.15) is 13.8 Å². The highest BCUT2D eigenvalue weighted by molar-refractivity contribution is 6.31. The lowest BCUT2D eigenvalue weighted by Gasteiger charge is -2.32. The molecule has 0 aromatic rings. The topological polar surface area (TPSA) is 75.6 Å². The van der Waals surface area contributed by atoms with Gasteiger partial charge in [-0.3, -0.25) is 9.59 Å². The van der Waals surface area contributed by atoms with Gasteiger partial charge in [0.05, 0.1) is 6.61 Å². The van der Waals surface area contributed by atoms with Gasteiger partial charge in [0, 0.05) is 12.0 Å². The first-order chi connectivity index (χ1) is 7.89. The van der Waals surface area contributed by atoms with Crippen LogP contribution in [0.15, 0.2) is 23.3 Å². The number of amides is 1. The highest BCUT2D eigenvalue weighted by Crippen LogP contribution is 2.28. The molecule has 0 fully saturated rings. The number of nitrogens with one attached hydrogen (secondary N) is 1. The van der Waals surface area contributed by atoms with Crippen LogP contribution in [0.5, 0.6) is 0 Å². The van der Waals surface area contributed by atoms with Crippen LogP contribution in [0.2, 0.25) is 0 Å². The van der Waals surface area contributed by atoms with Gasteiger partial charge >= 0.3 is 5.97 Å². The molecule has 94 valence electrons. The maximum atomic E-state index is 11.7. The van der Waals surface area contributed by atoms with Crippen molar-refractivity contribution in [3.05, 3.63) is 23.3 Å². The fourth-order valence-electron chi connectivity index (χ4n) is 1.53. The van der Waals surface area contributed by atoms with Crippen LogP contribution in [-0.2, 0) is 14.3 Å². The van der Waals surface area contributed by atoms with Gasteiger partial charge in [-0.2, -0.15) is 0 Å². The Bertz CT molecular complexity index is 391. The molecule has 2 atom stereocenters. The summed E-state index contributed by atoms with van der Waals surface area (Å²) in [5.41, 5.74) is -1.80. The Morgan fingerprint density at radius 2 is 2.29 bits per heavy atom. The fourth-order valence-corrected chi connectivity index (χ4v) is 1.72. The Morgan fingerprint density at radius 1 is 1.65 bits per heavy atom. The first kappa shape index (κ1) is 13.7. The third-order valence-electron chi connectivity index (χ3n) is 2.21. The molecular formula is C11H14ClNO4. The predicted octanol–water partition coefficient (Wildman–Crippen LogP) is 0.683. The summed E-state index contributed by atoms with van der Waals surface area (Å²) < 4.78 is 4.82. The van der Waals surface area contributed by atoms with Crippen LogP contribution >= 0.6 is 11.6 Å². The van der Waals surface area contributed by atoms with Gasteiger partial charge < -0.3 is 15.2 Å². The van der Waals surface area contributed by atoms with Crippen molar-refractivity contribution in [1.82, 2.24) is 5.32 Å². The molecule has 2 N–H and O–H groups in total. The zero-order valence-corrected chi connectivity index (χ0v) is 10.3. The smallest absolute Gasteiger partial charge is 0.318 e. The minimum atomic E-state index is -1.80. The summed E-state index contributed by atoms with van der Waals surface area (Å²) in [5, 5.41) is 12.8. The van der Waals surface area contributed by atoms with Crippen LogP contribution in [0.3, 0.4) is 0 Å². The minimum absolute atomic E-state index is 0.181. The Morgan fingerprint density at radius 3 is 2.82 bits per heavy atom. The van der Waals surface area contributed by atoms with E-state index in [2.05, 4.69) is 5.32 Å². The largest absolute Gasteiger partial charge is 0.465 e. The van der Waals surface area contributed by atoms with Crippen molar-refractivity contribution >= 4 is 23.5 Å². The van der Waals surface area contributed by atoms with Crippen LogP contribution in [0, 0.1) is 5.92 Å². The van der Waals surface area contributed by atoms with Crippen molar-refractivity contribution in [2.24, 2.45) is 5.92 Å². The van der Waals surface area contributed by atoms with Crippen LogP contribution in [-0.4, -0.2) is 29.3 Å². The maximum Gasteiger partial charge on any atom is 0.318 e. The summed E-state index contributed by atoms with van der Waals surface area (Å²) in [6.07, 6.45) is 4.01. The molecule has 0 radical (unpaired) electrons. The van der Waals surface area contributed by atoms with E-state index in [9.17, 15) is 14.7 Å². The predicted molar refractivity (Wildman–Crippen MR) is 62.0 cm³/mol. The van der Waals surface area contributed by atoms with E-state index in [4.69, 9.17) is 16.3 Å². The summed E-state index contributed by atoms with van der Waals surface area (Å²) >= 11 is 5.76. The number of ether oxygens (including phenoxy) is 1. The van der Waals surface area contributed by atoms with E-state index < -0.39 is 23.5 Å². The number of hydrogen-bond donors (Lipinski definition) is 2. The van der Waals surface area contributed by atoms with Gasteiger partial charge in [-0.25, -0.2) is 0 Å². The lowest BCUT2D eigenvalue weighted by Crippen LogP contribution is -2.54. The molecule has 1 aliphatic rings. The molecule has 0 aromatic carbocycles. The molecule has 0 heterocycles. The van der Waals surface area contributed by atoms with Gasteiger partial charge in [0.2, 0.25) is 5.91 Å². The molecule has 1 aliphatic carbocycles. The zero-order valence-electron chi connectivity index (χ0n) is 9.57. The Kier molecular flexibility index (Phi) is 4.31. The number of halogens is 1. The average molecular weight is 260 g/mol. The van der Waals surface area contributed by atoms with Crippen LogP contribution in [0.25, 0.3) is 0 Å². The number of rotatable bonds is 3. The molecule has 0 saturated heterocycles. The van der Waals surface area contributed by atoms with E-state index in [0.717, 1.165) is 0 Å². The molecule has 0 bridgehead atoms. The van der Waals surface area contributed by atoms with Gasteiger partial charge in [-0.05, 0) is 25.2 Å². The monoisotopic (exact) mass is 259 g/mol. The number of esters is 1. The van der Waals surface area contributed by atoms with Gasteiger partial charge in [0.25, 0.3) is 0 Å². The third kappa shape index (κ3) is 3.31. The van der Waals surface area contributed by atoms with E-state index in [-0.39, 0.29) is 6.61 Å². The fraction of sp³-hybridized carbons (Fsp3) is 0.455. The number of aliphatic hydroxyl groups is 1. The van der Waals surface area contributed by atoms with E-state index in [1.54, 1.807) is 6.92 Å². The van der Waals surface area contributed by atoms with Crippen LogP contribution in [0.4, 0.5) is 0 Å². The quantitative estimate of drug-likeness (QED) is 0.577. The van der Waals surface area contributed by atoms with E-state index in [1.165, 1.54) is 25.2 Å². The average Bonchev–Trinajstić information content (AvgIpc) is 2.21. The Labute approximate surface area is 104 Å². The molecule has 1 rings (SSSR count). The molecule has 0 spiro atoms. The van der Waals surface area contributed by atoms with Crippen molar-refractivity contribution in [3.63, 3.8) is 0 Å². The van der Waals surface area contributed by atoms with Gasteiger partial charge in [0.15, 0.2) is 5.72 Å². The molecule has 0 aromatic heterocycles. The number of carbonyl (C=O) groups excluding carboxylic acids is 2. The Hall–Kier alpha value is -1.33. The molecule has 17 heavy (non-hydrogen) atoms. The molecule has 5 nitrogen and oxygen atoms in total. The summed E-state index contributed by atoms with van der Waals surface area (Å²) in [4.78, 5) is 22.7. The molecule has 2 unspecified atom stereocenters. The first-order valence-electron chi connectivity index (χ1n) is 5.13. The lowest BCUT2D eigenvalue weighted by molar-refractivity contribution is -0.155. The first-order valence-corrected chi connectivity index (χ1v) is 5.51. The van der Waals surface area contributed by atoms with Crippen LogP contribution < -0.4 is 5.32 Å². The van der Waals surface area contributed by atoms with E-state index in [0.29, 0.717) is 5.03 Å². The number of allylic oxidation sites excluding steroid dienone is 2. The van der Waals surface area contributed by atoms with E-state index in [1.807, 2.05) is 0 Å². The normalized spacial score (nSPS) is 27.3. The second-order valence-electron chi connectivity index (χ2n) is 3.62. The maximum absolute atomic E-state index is 11.7. The van der Waals surface area contributed by atoms with E-state index >= 15 is 0 Å². The Balaban J connectivity index is 2.98. The minimum Gasteiger partial charge on any atom is -0.465 e. The van der Waals surface area contributed by atoms with Gasteiger partial charge in [-0.1, -0.05) is 11.6 Å². The summed E-state index contributed by atoms with van der Waals surface area (Å²) in [6.45, 7) is 3.08. The molecule has 0 aliphatic heterocycles. The third-order valence-corrected chi connectivity index (χ3v) is 2.47. The van der Waals surface area contributed by atoms with Crippen molar-refractivity contribution < 1.29 is 19.4 Å². The molecule has 6 heteroatoms. The number of carbonyl (C=O) groups is 2. The highest BCUT2D eigenvalue weighted by atomic mass is 35.5. The molecule has 1 amide bonds. The van der Waals surface area contributed by atoms with Crippen molar-refractivity contribution in [3.8, 4) is 0 Å². The van der Waals surface area contributed by atoms with Crippen molar-refractivity contribution in [2.45, 2.75) is 19.6 Å². The highest BCUT2D eigenvalue weighted by Gasteiger charge is 2.41. The second-order valence-corrected chi connectivity index (χ2v) is 4.06. The summed E-state index contributed by atoms with van der Waals surface area (Å²) in [5.74, 6) is -2.16. The zero-order chi connectivity index (χ0) is 13.1. The molecular weight excluding hydrogens is 246 g/mol.